The molecule has 1 atom stereocenters. The number of rotatable bonds is 2. The van der Waals surface area contributed by atoms with Gasteiger partial charge in [-0.25, -0.2) is 4.90 Å². The van der Waals surface area contributed by atoms with Crippen molar-refractivity contribution in [1.82, 2.24) is 5.32 Å². The molecule has 1 fully saturated rings. The largest absolute Gasteiger partial charge is 0.304 e. The molecule has 7 heteroatoms. The van der Waals surface area contributed by atoms with Crippen LogP contribution in [0.3, 0.4) is 0 Å². The minimum atomic E-state index is -0.378. The molecule has 2 N–H and O–H groups in total. The van der Waals surface area contributed by atoms with Crippen molar-refractivity contribution < 1.29 is 14.6 Å². The SMILES string of the molecule is CNC(=[NH+]C)S[C@@H]1CC(=O)N(c2ccc(I)cc2)C1=O. The number of nitrogens with zero attached hydrogens (tertiary/aromatic N) is 1. The number of hydrogen-bond donors (Lipinski definition) is 2. The summed E-state index contributed by atoms with van der Waals surface area (Å²) in [7, 11) is 3.55. The summed E-state index contributed by atoms with van der Waals surface area (Å²) < 4.78 is 1.07. The Morgan fingerprint density at radius 2 is 2.05 bits per heavy atom. The molecule has 0 unspecified atom stereocenters. The van der Waals surface area contributed by atoms with E-state index in [0.29, 0.717) is 5.69 Å². The molecule has 1 saturated heterocycles. The Balaban J connectivity index is 2.19. The topological polar surface area (TPSA) is 63.4 Å². The Kier molecular flexibility index (Phi) is 5.03. The van der Waals surface area contributed by atoms with Crippen LogP contribution in [0.15, 0.2) is 24.3 Å². The smallest absolute Gasteiger partial charge is 0.274 e. The van der Waals surface area contributed by atoms with Gasteiger partial charge in [0, 0.05) is 9.99 Å². The molecule has 0 saturated carbocycles. The molecule has 0 aromatic heterocycles. The van der Waals surface area contributed by atoms with Gasteiger partial charge >= 0.3 is 5.17 Å². The van der Waals surface area contributed by atoms with Crippen molar-refractivity contribution in [2.75, 3.05) is 19.0 Å². The molecular weight excluding hydrogens is 389 g/mol. The fourth-order valence-corrected chi connectivity index (χ4v) is 3.25. The van der Waals surface area contributed by atoms with Gasteiger partial charge in [0.05, 0.1) is 19.8 Å². The molecule has 2 amide bonds. The van der Waals surface area contributed by atoms with E-state index in [1.807, 2.05) is 12.1 Å². The number of nitrogens with one attached hydrogen (secondary N) is 2. The van der Waals surface area contributed by atoms with Crippen molar-refractivity contribution in [2.24, 2.45) is 0 Å². The summed E-state index contributed by atoms with van der Waals surface area (Å²) >= 11 is 3.53. The van der Waals surface area contributed by atoms with Crippen LogP contribution in [0.5, 0.6) is 0 Å². The fraction of sp³-hybridized carbons (Fsp3) is 0.308. The average molecular weight is 404 g/mol. The van der Waals surface area contributed by atoms with E-state index < -0.39 is 0 Å². The van der Waals surface area contributed by atoms with E-state index in [2.05, 4.69) is 32.9 Å². The molecule has 1 heterocycles. The van der Waals surface area contributed by atoms with E-state index >= 15 is 0 Å². The van der Waals surface area contributed by atoms with Crippen molar-refractivity contribution in [3.05, 3.63) is 27.8 Å². The number of halogens is 1. The molecular formula is C13H15IN3O2S+. The lowest BCUT2D eigenvalue weighted by Crippen LogP contribution is -2.70. The lowest BCUT2D eigenvalue weighted by Gasteiger charge is -2.14. The number of carbonyl (C=O) groups is 2. The molecule has 1 aromatic rings. The van der Waals surface area contributed by atoms with Crippen molar-refractivity contribution in [2.45, 2.75) is 11.7 Å². The predicted molar refractivity (Wildman–Crippen MR) is 88.6 cm³/mol. The normalized spacial score (nSPS) is 19.6. The number of amidine groups is 1. The first-order chi connectivity index (χ1) is 9.56. The zero-order valence-corrected chi connectivity index (χ0v) is 14.1. The average Bonchev–Trinajstić information content (AvgIpc) is 2.72. The highest BCUT2D eigenvalue weighted by atomic mass is 127. The van der Waals surface area contributed by atoms with Crippen molar-refractivity contribution >= 4 is 57.0 Å². The predicted octanol–water partition coefficient (Wildman–Crippen LogP) is -0.0579. The standard InChI is InChI=1S/C13H14IN3O2S/c1-15-13(16-2)20-10-7-11(18)17(12(10)19)9-5-3-8(14)4-6-9/h3-6,10H,7H2,1-2H3,(H,15,16)/p+1/t10-/m1/s1. The Labute approximate surface area is 135 Å². The van der Waals surface area contributed by atoms with Crippen LogP contribution in [0.1, 0.15) is 6.42 Å². The summed E-state index contributed by atoms with van der Waals surface area (Å²) in [6.07, 6.45) is 0.225. The van der Waals surface area contributed by atoms with E-state index in [1.54, 1.807) is 26.2 Å². The number of anilines is 1. The third kappa shape index (κ3) is 3.14. The third-order valence-electron chi connectivity index (χ3n) is 2.90. The van der Waals surface area contributed by atoms with Crippen LogP contribution >= 0.6 is 34.4 Å². The van der Waals surface area contributed by atoms with Gasteiger partial charge < -0.3 is 0 Å². The maximum Gasteiger partial charge on any atom is 0.304 e. The van der Waals surface area contributed by atoms with Crippen LogP contribution in [0.25, 0.3) is 0 Å². The van der Waals surface area contributed by atoms with Gasteiger partial charge in [-0.3, -0.25) is 19.9 Å². The Morgan fingerprint density at radius 1 is 1.40 bits per heavy atom. The highest BCUT2D eigenvalue weighted by molar-refractivity contribution is 14.1. The minimum Gasteiger partial charge on any atom is -0.274 e. The first-order valence-corrected chi connectivity index (χ1v) is 8.04. The first-order valence-electron chi connectivity index (χ1n) is 6.08. The zero-order valence-electron chi connectivity index (χ0n) is 11.1. The van der Waals surface area contributed by atoms with Gasteiger partial charge in [0.15, 0.2) is 0 Å². The molecule has 20 heavy (non-hydrogen) atoms. The summed E-state index contributed by atoms with van der Waals surface area (Å²) in [5.74, 6) is -0.315. The van der Waals surface area contributed by atoms with Crippen LogP contribution in [0, 0.1) is 3.57 Å². The molecule has 0 aliphatic carbocycles. The van der Waals surface area contributed by atoms with Crippen LogP contribution in [-0.2, 0) is 9.59 Å². The minimum absolute atomic E-state index is 0.153. The van der Waals surface area contributed by atoms with Crippen molar-refractivity contribution in [3.63, 3.8) is 0 Å². The first kappa shape index (κ1) is 15.3. The quantitative estimate of drug-likeness (QED) is 0.314. The Hall–Kier alpha value is -1.09. The number of benzene rings is 1. The molecule has 1 aliphatic heterocycles. The van der Waals surface area contributed by atoms with Gasteiger partial charge in [-0.15, -0.1) is 0 Å². The molecule has 0 bridgehead atoms. The monoisotopic (exact) mass is 404 g/mol. The lowest BCUT2D eigenvalue weighted by atomic mass is 10.3. The summed E-state index contributed by atoms with van der Waals surface area (Å²) in [4.78, 5) is 28.7. The molecule has 1 aromatic carbocycles. The maximum absolute atomic E-state index is 12.4. The molecule has 0 radical (unpaired) electrons. The molecule has 1 aliphatic rings. The van der Waals surface area contributed by atoms with Gasteiger partial charge in [0.25, 0.3) is 0 Å². The van der Waals surface area contributed by atoms with Gasteiger partial charge in [-0.2, -0.15) is 0 Å². The second-order valence-electron chi connectivity index (χ2n) is 4.18. The Bertz CT molecular complexity index is 559. The van der Waals surface area contributed by atoms with E-state index in [-0.39, 0.29) is 23.5 Å². The molecule has 0 spiro atoms. The van der Waals surface area contributed by atoms with Gasteiger partial charge in [0.1, 0.15) is 5.25 Å². The molecule has 5 nitrogen and oxygen atoms in total. The molecule has 2 rings (SSSR count). The summed E-state index contributed by atoms with van der Waals surface area (Å²) in [5.41, 5.74) is 0.638. The molecule has 106 valence electrons. The Morgan fingerprint density at radius 3 is 2.60 bits per heavy atom. The van der Waals surface area contributed by atoms with E-state index in [4.69, 9.17) is 0 Å². The number of thioether (sulfide) groups is 1. The third-order valence-corrected chi connectivity index (χ3v) is 4.92. The van der Waals surface area contributed by atoms with Gasteiger partial charge in [-0.05, 0) is 58.6 Å². The van der Waals surface area contributed by atoms with Gasteiger partial charge in [0.2, 0.25) is 11.8 Å². The summed E-state index contributed by atoms with van der Waals surface area (Å²) in [6, 6.07) is 7.36. The number of amides is 2. The maximum atomic E-state index is 12.4. The highest BCUT2D eigenvalue weighted by Crippen LogP contribution is 2.29. The fourth-order valence-electron chi connectivity index (χ4n) is 1.94. The van der Waals surface area contributed by atoms with Gasteiger partial charge in [-0.1, -0.05) is 0 Å². The van der Waals surface area contributed by atoms with Crippen LogP contribution in [0.4, 0.5) is 5.69 Å². The number of carbonyl (C=O) groups excluding carboxylic acids is 2. The highest BCUT2D eigenvalue weighted by Gasteiger charge is 2.41. The van der Waals surface area contributed by atoms with Crippen LogP contribution < -0.4 is 15.2 Å². The van der Waals surface area contributed by atoms with E-state index in [1.165, 1.54) is 16.7 Å². The van der Waals surface area contributed by atoms with E-state index in [9.17, 15) is 9.59 Å². The second-order valence-corrected chi connectivity index (χ2v) is 6.64. The van der Waals surface area contributed by atoms with Crippen LogP contribution in [0.2, 0.25) is 0 Å². The van der Waals surface area contributed by atoms with Crippen LogP contribution in [-0.4, -0.2) is 36.3 Å². The lowest BCUT2D eigenvalue weighted by molar-refractivity contribution is -0.418. The van der Waals surface area contributed by atoms with Crippen molar-refractivity contribution in [1.29, 1.82) is 0 Å². The summed E-state index contributed by atoms with van der Waals surface area (Å²) in [6.45, 7) is 0. The number of hydrogen-bond acceptors (Lipinski definition) is 3. The van der Waals surface area contributed by atoms with Crippen molar-refractivity contribution in [3.8, 4) is 0 Å². The van der Waals surface area contributed by atoms with E-state index in [0.717, 1.165) is 8.74 Å². The second kappa shape index (κ2) is 6.57. The zero-order chi connectivity index (χ0) is 14.7. The summed E-state index contributed by atoms with van der Waals surface area (Å²) in [5, 5.41) is 3.36. The number of imide groups is 1.